The van der Waals surface area contributed by atoms with Gasteiger partial charge in [-0.2, -0.15) is 0 Å². The first-order chi connectivity index (χ1) is 7.56. The fraction of sp³-hybridized carbons (Fsp3) is 0.800. The van der Waals surface area contributed by atoms with E-state index in [0.29, 0.717) is 6.61 Å². The highest BCUT2D eigenvalue weighted by Crippen LogP contribution is 1.98. The van der Waals surface area contributed by atoms with Gasteiger partial charge in [0, 0.05) is 6.04 Å². The first-order valence-electron chi connectivity index (χ1n) is 5.35. The molecule has 0 bridgehead atoms. The van der Waals surface area contributed by atoms with E-state index < -0.39 is 18.5 Å². The van der Waals surface area contributed by atoms with Gasteiger partial charge in [-0.15, -0.1) is 0 Å². The number of rotatable bonds is 8. The maximum Gasteiger partial charge on any atom is 0.325 e. The lowest BCUT2D eigenvalue weighted by molar-refractivity contribution is -0.144. The zero-order chi connectivity index (χ0) is 12.4. The molecule has 1 unspecified atom stereocenters. The molecule has 6 nitrogen and oxygen atoms in total. The Kier molecular flexibility index (Phi) is 8.46. The van der Waals surface area contributed by atoms with Crippen LogP contribution in [0.2, 0.25) is 0 Å². The van der Waals surface area contributed by atoms with Gasteiger partial charge < -0.3 is 20.9 Å². The van der Waals surface area contributed by atoms with E-state index in [1.807, 2.05) is 6.92 Å². The maximum atomic E-state index is 11.0. The summed E-state index contributed by atoms with van der Waals surface area (Å²) in [6.45, 7) is 1.44. The minimum absolute atomic E-state index is 0.166. The first-order valence-corrected chi connectivity index (χ1v) is 5.35. The molecule has 0 saturated carbocycles. The van der Waals surface area contributed by atoms with Crippen molar-refractivity contribution in [2.45, 2.75) is 32.2 Å². The summed E-state index contributed by atoms with van der Waals surface area (Å²) >= 11 is 0. The van der Waals surface area contributed by atoms with Gasteiger partial charge >= 0.3 is 5.97 Å². The number of esters is 1. The molecule has 0 fully saturated rings. The number of nitrogens with one attached hydrogen (secondary N) is 1. The Bertz CT molecular complexity index is 219. The fourth-order valence-electron chi connectivity index (χ4n) is 1.03. The number of aliphatic hydroxyl groups is 1. The van der Waals surface area contributed by atoms with Gasteiger partial charge in [0.25, 0.3) is 0 Å². The largest absolute Gasteiger partial charge is 0.464 e. The number of amides is 1. The van der Waals surface area contributed by atoms with Gasteiger partial charge in [-0.1, -0.05) is 0 Å². The summed E-state index contributed by atoms with van der Waals surface area (Å²) in [5, 5.41) is 10.6. The number of ether oxygens (including phenoxy) is 1. The van der Waals surface area contributed by atoms with Crippen LogP contribution in [0.1, 0.15) is 26.2 Å². The molecular weight excluding hydrogens is 212 g/mol. The summed E-state index contributed by atoms with van der Waals surface area (Å²) in [7, 11) is 0. The first kappa shape index (κ1) is 14.9. The molecule has 0 aromatic carbocycles. The molecule has 0 aromatic heterocycles. The van der Waals surface area contributed by atoms with Crippen molar-refractivity contribution >= 4 is 11.9 Å². The Morgan fingerprint density at radius 1 is 1.44 bits per heavy atom. The van der Waals surface area contributed by atoms with Crippen molar-refractivity contribution in [3.05, 3.63) is 0 Å². The van der Waals surface area contributed by atoms with E-state index in [4.69, 9.17) is 15.6 Å². The molecule has 0 spiro atoms. The molecule has 4 N–H and O–H groups in total. The molecule has 0 aliphatic carbocycles. The highest BCUT2D eigenvalue weighted by Gasteiger charge is 2.05. The highest BCUT2D eigenvalue weighted by molar-refractivity contribution is 5.82. The van der Waals surface area contributed by atoms with Gasteiger partial charge in [-0.25, -0.2) is 0 Å². The highest BCUT2D eigenvalue weighted by atomic mass is 16.5. The Morgan fingerprint density at radius 2 is 2.12 bits per heavy atom. The predicted molar refractivity (Wildman–Crippen MR) is 58.6 cm³/mol. The van der Waals surface area contributed by atoms with Crippen LogP contribution in [0.15, 0.2) is 0 Å². The zero-order valence-corrected chi connectivity index (χ0v) is 9.57. The molecule has 0 aliphatic rings. The van der Waals surface area contributed by atoms with E-state index in [1.165, 1.54) is 0 Å². The van der Waals surface area contributed by atoms with E-state index in [-0.39, 0.29) is 12.6 Å². The quantitative estimate of drug-likeness (QED) is 0.374. The molecule has 0 radical (unpaired) electrons. The third-order valence-corrected chi connectivity index (χ3v) is 1.89. The minimum Gasteiger partial charge on any atom is -0.464 e. The van der Waals surface area contributed by atoms with Gasteiger partial charge in [0.2, 0.25) is 5.91 Å². The third kappa shape index (κ3) is 9.42. The van der Waals surface area contributed by atoms with Crippen LogP contribution in [0.4, 0.5) is 0 Å². The lowest BCUT2D eigenvalue weighted by atomic mass is 10.1. The Labute approximate surface area is 95.1 Å². The Balaban J connectivity index is 3.34. The van der Waals surface area contributed by atoms with Crippen molar-refractivity contribution in [1.29, 1.82) is 0 Å². The number of unbranched alkanes of at least 4 members (excludes halogenated alkanes) is 1. The molecule has 1 amide bonds. The van der Waals surface area contributed by atoms with Gasteiger partial charge in [0.1, 0.15) is 13.2 Å². The number of carbonyl (C=O) groups is 2. The number of aliphatic hydroxyl groups excluding tert-OH is 1. The van der Waals surface area contributed by atoms with Gasteiger partial charge in [0.05, 0.1) is 6.61 Å². The van der Waals surface area contributed by atoms with Crippen molar-refractivity contribution < 1.29 is 19.4 Å². The van der Waals surface area contributed by atoms with Gasteiger partial charge in [0.15, 0.2) is 0 Å². The number of nitrogens with two attached hydrogens (primary N) is 1. The second-order valence-corrected chi connectivity index (χ2v) is 3.63. The summed E-state index contributed by atoms with van der Waals surface area (Å²) in [5.74, 6) is -1.09. The molecular formula is C10H20N2O4. The fourth-order valence-corrected chi connectivity index (χ4v) is 1.03. The summed E-state index contributed by atoms with van der Waals surface area (Å²) in [6, 6.07) is 0.166. The molecule has 0 aliphatic heterocycles. The van der Waals surface area contributed by atoms with Gasteiger partial charge in [-0.3, -0.25) is 9.59 Å². The van der Waals surface area contributed by atoms with E-state index in [0.717, 1.165) is 19.3 Å². The third-order valence-electron chi connectivity index (χ3n) is 1.89. The van der Waals surface area contributed by atoms with Crippen molar-refractivity contribution in [2.75, 3.05) is 19.8 Å². The molecule has 16 heavy (non-hydrogen) atoms. The summed E-state index contributed by atoms with van der Waals surface area (Å²) < 4.78 is 4.84. The van der Waals surface area contributed by atoms with Crippen molar-refractivity contribution in [3.8, 4) is 0 Å². The number of hydrogen-bond acceptors (Lipinski definition) is 5. The predicted octanol–water partition coefficient (Wildman–Crippen LogP) is -0.844. The number of hydrogen-bond donors (Lipinski definition) is 3. The topological polar surface area (TPSA) is 102 Å². The Hall–Kier alpha value is -1.14. The van der Waals surface area contributed by atoms with Crippen molar-refractivity contribution in [3.63, 3.8) is 0 Å². The molecule has 94 valence electrons. The van der Waals surface area contributed by atoms with Crippen LogP contribution in [0.5, 0.6) is 0 Å². The van der Waals surface area contributed by atoms with Crippen LogP contribution in [-0.4, -0.2) is 42.8 Å². The normalized spacial score (nSPS) is 11.9. The van der Waals surface area contributed by atoms with Crippen LogP contribution in [0, 0.1) is 0 Å². The second-order valence-electron chi connectivity index (χ2n) is 3.63. The lowest BCUT2D eigenvalue weighted by Crippen LogP contribution is -2.32. The lowest BCUT2D eigenvalue weighted by Gasteiger charge is -2.06. The van der Waals surface area contributed by atoms with Crippen LogP contribution in [0.3, 0.4) is 0 Å². The van der Waals surface area contributed by atoms with E-state index in [2.05, 4.69) is 5.32 Å². The van der Waals surface area contributed by atoms with Crippen LogP contribution in [-0.2, 0) is 14.3 Å². The smallest absolute Gasteiger partial charge is 0.325 e. The minimum atomic E-state index is -0.623. The maximum absolute atomic E-state index is 11.0. The summed E-state index contributed by atoms with van der Waals surface area (Å²) in [6.07, 6.45) is 2.58. The Morgan fingerprint density at radius 3 is 2.69 bits per heavy atom. The van der Waals surface area contributed by atoms with E-state index >= 15 is 0 Å². The van der Waals surface area contributed by atoms with Crippen molar-refractivity contribution in [2.24, 2.45) is 5.73 Å². The molecule has 0 heterocycles. The van der Waals surface area contributed by atoms with E-state index in [9.17, 15) is 9.59 Å². The van der Waals surface area contributed by atoms with E-state index in [1.54, 1.807) is 0 Å². The van der Waals surface area contributed by atoms with Crippen LogP contribution in [0.25, 0.3) is 0 Å². The molecule has 0 saturated heterocycles. The zero-order valence-electron chi connectivity index (χ0n) is 9.57. The molecule has 0 rings (SSSR count). The number of carbonyl (C=O) groups excluding carboxylic acids is 2. The summed E-state index contributed by atoms with van der Waals surface area (Å²) in [4.78, 5) is 21.6. The average Bonchev–Trinajstić information content (AvgIpc) is 2.24. The van der Waals surface area contributed by atoms with Crippen molar-refractivity contribution in [1.82, 2.24) is 5.32 Å². The second kappa shape index (κ2) is 9.11. The van der Waals surface area contributed by atoms with Gasteiger partial charge in [-0.05, 0) is 26.2 Å². The molecule has 6 heteroatoms. The average molecular weight is 232 g/mol. The molecule has 1 atom stereocenters. The SMILES string of the molecule is CC(N)CCCCOC(=O)CNC(=O)CO. The van der Waals surface area contributed by atoms with Crippen LogP contribution < -0.4 is 11.1 Å². The standard InChI is InChI=1S/C10H20N2O4/c1-8(11)4-2-3-5-16-10(15)6-12-9(14)7-13/h8,13H,2-7,11H2,1H3,(H,12,14). The van der Waals surface area contributed by atoms with Crippen LogP contribution >= 0.6 is 0 Å². The summed E-state index contributed by atoms with van der Waals surface area (Å²) in [5.41, 5.74) is 5.55. The molecule has 0 aromatic rings. The monoisotopic (exact) mass is 232 g/mol.